The number of hydrogen-bond donors (Lipinski definition) is 9. The van der Waals surface area contributed by atoms with Crippen molar-refractivity contribution in [1.82, 2.24) is 21.3 Å². The molecule has 0 aromatic rings. The van der Waals surface area contributed by atoms with E-state index in [0.717, 1.165) is 0 Å². The molecule has 17 heteroatoms. The van der Waals surface area contributed by atoms with E-state index in [9.17, 15) is 33.9 Å². The first kappa shape index (κ1) is 31.5. The van der Waals surface area contributed by atoms with Gasteiger partial charge in [-0.1, -0.05) is 0 Å². The first-order chi connectivity index (χ1) is 16.4. The third-order valence-corrected chi connectivity index (χ3v) is 4.09. The molecule has 11 N–H and O–H groups in total. The Bertz CT molecular complexity index is 748. The van der Waals surface area contributed by atoms with E-state index in [1.54, 1.807) is 0 Å². The van der Waals surface area contributed by atoms with E-state index in [1.165, 1.54) is 6.92 Å². The lowest BCUT2D eigenvalue weighted by Gasteiger charge is -2.22. The number of amides is 6. The number of aliphatic hydroxyl groups excluding tert-OH is 2. The number of urea groups is 1. The van der Waals surface area contributed by atoms with Gasteiger partial charge in [0.15, 0.2) is 0 Å². The highest BCUT2D eigenvalue weighted by atomic mass is 16.5. The van der Waals surface area contributed by atoms with Crippen LogP contribution in [0.5, 0.6) is 0 Å². The minimum Gasteiger partial charge on any atom is -0.481 e. The number of nitrogens with two attached hydrogens (primary N) is 2. The quantitative estimate of drug-likeness (QED) is 0.0787. The predicted molar refractivity (Wildman–Crippen MR) is 115 cm³/mol. The smallest absolute Gasteiger partial charge is 0.316 e. The first-order valence-electron chi connectivity index (χ1n) is 10.3. The number of ether oxygens (including phenoxy) is 2. The predicted octanol–water partition coefficient (Wildman–Crippen LogP) is -5.52. The molecule has 0 heterocycles. The molecule has 0 fully saturated rings. The van der Waals surface area contributed by atoms with Crippen LogP contribution < -0.4 is 32.7 Å². The highest BCUT2D eigenvalue weighted by molar-refractivity contribution is 5.91. The van der Waals surface area contributed by atoms with Crippen molar-refractivity contribution in [1.29, 1.82) is 0 Å². The van der Waals surface area contributed by atoms with Gasteiger partial charge in [0, 0.05) is 6.54 Å². The van der Waals surface area contributed by atoms with Crippen molar-refractivity contribution in [3.8, 4) is 0 Å². The Labute approximate surface area is 199 Å². The van der Waals surface area contributed by atoms with Crippen LogP contribution in [0.2, 0.25) is 0 Å². The number of hydrogen-bond acceptors (Lipinski definition) is 10. The summed E-state index contributed by atoms with van der Waals surface area (Å²) in [5.41, 5.74) is 9.98. The second-order valence-corrected chi connectivity index (χ2v) is 7.05. The van der Waals surface area contributed by atoms with Crippen LogP contribution >= 0.6 is 0 Å². The average molecular weight is 508 g/mol. The van der Waals surface area contributed by atoms with Crippen LogP contribution in [0.4, 0.5) is 4.79 Å². The number of carboxylic acids is 1. The standard InChI is InChI=1S/C18H32N6O11/c1-9(26)14(24-18(33)23-10(15(19)30)6-13(28)29)17(32)21-2-3-34-4-5-35-8-12(27)22-11(7-25)16(20)31/h9-11,14,25-26H,2-8H2,1H3,(H2,19,30)(H2,20,31)(H,21,32)(H,22,27)(H,28,29)(H2,23,24,33)/t9?,10-,11-,14+/m0/s1. The Kier molecular flexibility index (Phi) is 15.3. The normalized spacial score (nSPS) is 14.0. The number of aliphatic carboxylic acids is 1. The van der Waals surface area contributed by atoms with Crippen molar-refractivity contribution < 1.29 is 53.6 Å². The minimum absolute atomic E-state index is 0.00285. The molecule has 0 aliphatic carbocycles. The summed E-state index contributed by atoms with van der Waals surface area (Å²) in [7, 11) is 0. The van der Waals surface area contributed by atoms with Crippen molar-refractivity contribution in [3.63, 3.8) is 0 Å². The van der Waals surface area contributed by atoms with Crippen molar-refractivity contribution in [3.05, 3.63) is 0 Å². The number of aliphatic hydroxyl groups is 2. The molecule has 0 aliphatic rings. The molecule has 4 atom stereocenters. The average Bonchev–Trinajstić information content (AvgIpc) is 2.76. The van der Waals surface area contributed by atoms with Crippen LogP contribution in [0.25, 0.3) is 0 Å². The molecule has 35 heavy (non-hydrogen) atoms. The zero-order valence-electron chi connectivity index (χ0n) is 19.0. The highest BCUT2D eigenvalue weighted by Gasteiger charge is 2.28. The van der Waals surface area contributed by atoms with Gasteiger partial charge in [-0.3, -0.25) is 24.0 Å². The summed E-state index contributed by atoms with van der Waals surface area (Å²) in [5, 5.41) is 36.1. The summed E-state index contributed by atoms with van der Waals surface area (Å²) in [6.45, 7) is 0.200. The molecule has 0 spiro atoms. The van der Waals surface area contributed by atoms with Gasteiger partial charge in [0.25, 0.3) is 0 Å². The summed E-state index contributed by atoms with van der Waals surface area (Å²) in [6.07, 6.45) is -2.11. The van der Waals surface area contributed by atoms with E-state index < -0.39 is 79.5 Å². The van der Waals surface area contributed by atoms with E-state index in [0.29, 0.717) is 0 Å². The van der Waals surface area contributed by atoms with Crippen LogP contribution in [0.3, 0.4) is 0 Å². The molecule has 0 aromatic carbocycles. The maximum absolute atomic E-state index is 12.2. The van der Waals surface area contributed by atoms with E-state index in [1.807, 2.05) is 5.32 Å². The zero-order valence-corrected chi connectivity index (χ0v) is 19.0. The summed E-state index contributed by atoms with van der Waals surface area (Å²) in [5.74, 6) is -4.82. The van der Waals surface area contributed by atoms with E-state index in [-0.39, 0.29) is 26.4 Å². The van der Waals surface area contributed by atoms with Crippen LogP contribution in [-0.4, -0.2) is 115 Å². The van der Waals surface area contributed by atoms with Gasteiger partial charge in [-0.2, -0.15) is 0 Å². The number of carbonyl (C=O) groups excluding carboxylic acids is 5. The molecule has 0 aromatic heterocycles. The third kappa shape index (κ3) is 14.4. The maximum Gasteiger partial charge on any atom is 0.316 e. The Morgan fingerprint density at radius 3 is 2.00 bits per heavy atom. The fourth-order valence-electron chi connectivity index (χ4n) is 2.33. The summed E-state index contributed by atoms with van der Waals surface area (Å²) >= 11 is 0. The monoisotopic (exact) mass is 508 g/mol. The molecule has 0 aliphatic heterocycles. The zero-order chi connectivity index (χ0) is 27.0. The molecule has 0 saturated carbocycles. The molecule has 6 amide bonds. The lowest BCUT2D eigenvalue weighted by Crippen LogP contribution is -2.58. The van der Waals surface area contributed by atoms with Crippen molar-refractivity contribution in [2.75, 3.05) is 39.6 Å². The van der Waals surface area contributed by atoms with Crippen LogP contribution in [0.15, 0.2) is 0 Å². The van der Waals surface area contributed by atoms with Gasteiger partial charge in [0.1, 0.15) is 24.7 Å². The number of rotatable bonds is 18. The molecule has 17 nitrogen and oxygen atoms in total. The Balaban J connectivity index is 4.25. The molecule has 0 radical (unpaired) electrons. The molecule has 200 valence electrons. The van der Waals surface area contributed by atoms with Crippen LogP contribution in [0.1, 0.15) is 13.3 Å². The van der Waals surface area contributed by atoms with Gasteiger partial charge in [0.05, 0.1) is 39.0 Å². The second-order valence-electron chi connectivity index (χ2n) is 7.05. The summed E-state index contributed by atoms with van der Waals surface area (Å²) in [6, 6.07) is -5.26. The number of carboxylic acid groups (broad SMARTS) is 1. The lowest BCUT2D eigenvalue weighted by atomic mass is 10.1. The lowest BCUT2D eigenvalue weighted by molar-refractivity contribution is -0.139. The fourth-order valence-corrected chi connectivity index (χ4v) is 2.33. The van der Waals surface area contributed by atoms with Gasteiger partial charge in [0.2, 0.25) is 23.6 Å². The fraction of sp³-hybridized carbons (Fsp3) is 0.667. The Morgan fingerprint density at radius 1 is 0.886 bits per heavy atom. The molecule has 0 saturated heterocycles. The minimum atomic E-state index is -1.52. The Morgan fingerprint density at radius 2 is 1.49 bits per heavy atom. The van der Waals surface area contributed by atoms with Gasteiger partial charge < -0.3 is 57.5 Å². The number of primary amides is 2. The maximum atomic E-state index is 12.2. The molecule has 0 rings (SSSR count). The first-order valence-corrected chi connectivity index (χ1v) is 10.3. The molecular weight excluding hydrogens is 476 g/mol. The SMILES string of the molecule is CC(O)[C@@H](NC(=O)N[C@@H](CC(=O)O)C(N)=O)C(=O)NCCOCCOCC(=O)N[C@@H](CO)C(N)=O. The largest absolute Gasteiger partial charge is 0.481 e. The van der Waals surface area contributed by atoms with E-state index >= 15 is 0 Å². The number of carbonyl (C=O) groups is 6. The van der Waals surface area contributed by atoms with Gasteiger partial charge in [-0.05, 0) is 6.92 Å². The second kappa shape index (κ2) is 17.0. The van der Waals surface area contributed by atoms with Crippen molar-refractivity contribution >= 4 is 35.6 Å². The topological polar surface area (TPSA) is 282 Å². The van der Waals surface area contributed by atoms with Crippen LogP contribution in [0, 0.1) is 0 Å². The molecular formula is C18H32N6O11. The number of nitrogens with one attached hydrogen (secondary N) is 4. The van der Waals surface area contributed by atoms with Gasteiger partial charge in [-0.25, -0.2) is 4.79 Å². The van der Waals surface area contributed by atoms with Crippen molar-refractivity contribution in [2.45, 2.75) is 37.6 Å². The molecule has 1 unspecified atom stereocenters. The van der Waals surface area contributed by atoms with E-state index in [2.05, 4.69) is 16.0 Å². The summed E-state index contributed by atoms with van der Waals surface area (Å²) < 4.78 is 10.2. The molecule has 0 bridgehead atoms. The highest BCUT2D eigenvalue weighted by Crippen LogP contribution is 1.96. The Hall–Kier alpha value is -3.54. The van der Waals surface area contributed by atoms with Gasteiger partial charge in [-0.15, -0.1) is 0 Å². The third-order valence-electron chi connectivity index (χ3n) is 4.09. The van der Waals surface area contributed by atoms with E-state index in [4.69, 9.17) is 31.2 Å². The van der Waals surface area contributed by atoms with Gasteiger partial charge >= 0.3 is 12.0 Å². The summed E-state index contributed by atoms with van der Waals surface area (Å²) in [4.78, 5) is 68.6. The van der Waals surface area contributed by atoms with Crippen molar-refractivity contribution in [2.24, 2.45) is 11.5 Å². The van der Waals surface area contributed by atoms with Crippen LogP contribution in [-0.2, 0) is 33.4 Å².